The first-order chi connectivity index (χ1) is 11.3. The molecule has 0 aliphatic rings. The number of sulfonamides is 1. The van der Waals surface area contributed by atoms with Gasteiger partial charge in [0, 0.05) is 16.3 Å². The largest absolute Gasteiger partial charge is 0.366 e. The van der Waals surface area contributed by atoms with E-state index in [1.807, 2.05) is 0 Å². The Hall–Kier alpha value is -2.42. The third kappa shape index (κ3) is 4.79. The van der Waals surface area contributed by atoms with E-state index in [0.29, 0.717) is 16.3 Å². The summed E-state index contributed by atoms with van der Waals surface area (Å²) in [5.74, 6) is -1.14. The molecule has 0 aliphatic heterocycles. The lowest BCUT2D eigenvalue weighted by Crippen LogP contribution is -2.32. The molecule has 2 amide bonds. The highest BCUT2D eigenvalue weighted by Gasteiger charge is 2.15. The smallest absolute Gasteiger partial charge is 0.248 e. The average molecular weight is 368 g/mol. The van der Waals surface area contributed by atoms with E-state index in [9.17, 15) is 18.0 Å². The Bertz CT molecular complexity index is 849. The summed E-state index contributed by atoms with van der Waals surface area (Å²) in [7, 11) is -3.81. The van der Waals surface area contributed by atoms with Crippen molar-refractivity contribution in [2.24, 2.45) is 5.73 Å². The molecule has 2 aromatic rings. The van der Waals surface area contributed by atoms with E-state index in [-0.39, 0.29) is 4.90 Å². The standard InChI is InChI=1S/C15H14ClN3O4S/c16-11-3-7-13(8-4-11)24(22,23)18-9-14(20)19-12-5-1-10(2-6-12)15(17)21/h1-8,18H,9H2,(H2,17,21)(H,19,20). The molecule has 0 bridgehead atoms. The van der Waals surface area contributed by atoms with Crippen molar-refractivity contribution in [2.45, 2.75) is 4.90 Å². The minimum Gasteiger partial charge on any atom is -0.366 e. The summed E-state index contributed by atoms with van der Waals surface area (Å²) >= 11 is 5.70. The maximum Gasteiger partial charge on any atom is 0.248 e. The van der Waals surface area contributed by atoms with E-state index in [1.54, 1.807) is 0 Å². The Kier molecular flexibility index (Phi) is 5.55. The fraction of sp³-hybridized carbons (Fsp3) is 0.0667. The zero-order chi connectivity index (χ0) is 17.7. The van der Waals surface area contributed by atoms with Gasteiger partial charge in [-0.2, -0.15) is 0 Å². The Labute approximate surface area is 143 Å². The number of hydrogen-bond donors (Lipinski definition) is 3. The number of amides is 2. The van der Waals surface area contributed by atoms with Crippen molar-refractivity contribution >= 4 is 39.1 Å². The highest BCUT2D eigenvalue weighted by molar-refractivity contribution is 7.89. The molecule has 0 aromatic heterocycles. The molecule has 0 aliphatic carbocycles. The first kappa shape index (κ1) is 17.9. The van der Waals surface area contributed by atoms with Crippen molar-refractivity contribution in [3.63, 3.8) is 0 Å². The van der Waals surface area contributed by atoms with Gasteiger partial charge in [0.1, 0.15) is 0 Å². The molecule has 126 valence electrons. The third-order valence-corrected chi connectivity index (χ3v) is 4.67. The Morgan fingerprint density at radius 3 is 2.12 bits per heavy atom. The predicted octanol–water partition coefficient (Wildman–Crippen LogP) is 1.36. The van der Waals surface area contributed by atoms with Gasteiger partial charge in [0.25, 0.3) is 0 Å². The van der Waals surface area contributed by atoms with E-state index >= 15 is 0 Å². The number of carbonyl (C=O) groups excluding carboxylic acids is 2. The van der Waals surface area contributed by atoms with Gasteiger partial charge in [-0.1, -0.05) is 11.6 Å². The summed E-state index contributed by atoms with van der Waals surface area (Å²) < 4.78 is 26.3. The molecule has 2 rings (SSSR count). The molecule has 0 atom stereocenters. The van der Waals surface area contributed by atoms with Crippen molar-refractivity contribution < 1.29 is 18.0 Å². The monoisotopic (exact) mass is 367 g/mol. The van der Waals surface area contributed by atoms with E-state index in [1.165, 1.54) is 48.5 Å². The molecule has 2 aromatic carbocycles. The minimum absolute atomic E-state index is 0.00510. The van der Waals surface area contributed by atoms with Gasteiger partial charge in [0.2, 0.25) is 21.8 Å². The molecule has 0 radical (unpaired) electrons. The van der Waals surface area contributed by atoms with Crippen LogP contribution in [0, 0.1) is 0 Å². The van der Waals surface area contributed by atoms with Gasteiger partial charge in [0.15, 0.2) is 0 Å². The van der Waals surface area contributed by atoms with E-state index < -0.39 is 28.4 Å². The summed E-state index contributed by atoms with van der Waals surface area (Å²) in [6.45, 7) is -0.442. The number of carbonyl (C=O) groups is 2. The second kappa shape index (κ2) is 7.43. The maximum atomic E-state index is 12.0. The summed E-state index contributed by atoms with van der Waals surface area (Å²) in [4.78, 5) is 22.8. The number of nitrogens with one attached hydrogen (secondary N) is 2. The number of hydrogen-bond acceptors (Lipinski definition) is 4. The van der Waals surface area contributed by atoms with Gasteiger partial charge < -0.3 is 11.1 Å². The quantitative estimate of drug-likeness (QED) is 0.714. The lowest BCUT2D eigenvalue weighted by atomic mass is 10.2. The van der Waals surface area contributed by atoms with Crippen LogP contribution in [0.3, 0.4) is 0 Å². The molecule has 9 heteroatoms. The van der Waals surface area contributed by atoms with Crippen LogP contribution in [0.2, 0.25) is 5.02 Å². The van der Waals surface area contributed by atoms with E-state index in [0.717, 1.165) is 0 Å². The summed E-state index contributed by atoms with van der Waals surface area (Å²) in [6.07, 6.45) is 0. The van der Waals surface area contributed by atoms with Crippen LogP contribution in [0.4, 0.5) is 5.69 Å². The fourth-order valence-electron chi connectivity index (χ4n) is 1.78. The van der Waals surface area contributed by atoms with Gasteiger partial charge in [-0.25, -0.2) is 13.1 Å². The van der Waals surface area contributed by atoms with Crippen LogP contribution in [-0.2, 0) is 14.8 Å². The van der Waals surface area contributed by atoms with Crippen molar-refractivity contribution in [3.8, 4) is 0 Å². The second-order valence-corrected chi connectivity index (χ2v) is 6.97. The predicted molar refractivity (Wildman–Crippen MR) is 90.2 cm³/mol. The van der Waals surface area contributed by atoms with Gasteiger partial charge in [-0.05, 0) is 48.5 Å². The second-order valence-electron chi connectivity index (χ2n) is 4.77. The first-order valence-corrected chi connectivity index (χ1v) is 8.59. The normalized spacial score (nSPS) is 11.0. The summed E-state index contributed by atoms with van der Waals surface area (Å²) in [6, 6.07) is 11.5. The molecule has 0 unspecified atom stereocenters. The summed E-state index contributed by atoms with van der Waals surface area (Å²) in [5.41, 5.74) is 5.83. The minimum atomic E-state index is -3.81. The van der Waals surface area contributed by atoms with Crippen LogP contribution < -0.4 is 15.8 Å². The zero-order valence-electron chi connectivity index (χ0n) is 12.3. The SMILES string of the molecule is NC(=O)c1ccc(NC(=O)CNS(=O)(=O)c2ccc(Cl)cc2)cc1. The van der Waals surface area contributed by atoms with Crippen molar-refractivity contribution in [3.05, 3.63) is 59.1 Å². The Balaban J connectivity index is 1.95. The maximum absolute atomic E-state index is 12.0. The molecular weight excluding hydrogens is 354 g/mol. The van der Waals surface area contributed by atoms with Gasteiger partial charge >= 0.3 is 0 Å². The highest BCUT2D eigenvalue weighted by Crippen LogP contribution is 2.14. The van der Waals surface area contributed by atoms with Crippen molar-refractivity contribution in [1.82, 2.24) is 4.72 Å². The highest BCUT2D eigenvalue weighted by atomic mass is 35.5. The van der Waals surface area contributed by atoms with Crippen molar-refractivity contribution in [1.29, 1.82) is 0 Å². The van der Waals surface area contributed by atoms with Crippen LogP contribution in [0.15, 0.2) is 53.4 Å². The number of halogens is 1. The molecule has 24 heavy (non-hydrogen) atoms. The number of benzene rings is 2. The molecule has 4 N–H and O–H groups in total. The number of nitrogens with two attached hydrogens (primary N) is 1. The van der Waals surface area contributed by atoms with Crippen LogP contribution in [0.1, 0.15) is 10.4 Å². The van der Waals surface area contributed by atoms with Crippen LogP contribution in [0.5, 0.6) is 0 Å². The molecule has 7 nitrogen and oxygen atoms in total. The summed E-state index contributed by atoms with van der Waals surface area (Å²) in [5, 5.41) is 2.91. The first-order valence-electron chi connectivity index (χ1n) is 6.73. The topological polar surface area (TPSA) is 118 Å². The zero-order valence-corrected chi connectivity index (χ0v) is 13.9. The van der Waals surface area contributed by atoms with Crippen LogP contribution in [0.25, 0.3) is 0 Å². The fourth-order valence-corrected chi connectivity index (χ4v) is 2.89. The molecule has 0 saturated heterocycles. The van der Waals surface area contributed by atoms with Crippen LogP contribution in [-0.4, -0.2) is 26.8 Å². The lowest BCUT2D eigenvalue weighted by molar-refractivity contribution is -0.115. The Morgan fingerprint density at radius 2 is 1.58 bits per heavy atom. The molecular formula is C15H14ClN3O4S. The van der Waals surface area contributed by atoms with Gasteiger partial charge in [-0.3, -0.25) is 9.59 Å². The van der Waals surface area contributed by atoms with Gasteiger partial charge in [-0.15, -0.1) is 0 Å². The Morgan fingerprint density at radius 1 is 1.00 bits per heavy atom. The van der Waals surface area contributed by atoms with Gasteiger partial charge in [0.05, 0.1) is 11.4 Å². The molecule has 0 spiro atoms. The van der Waals surface area contributed by atoms with E-state index in [2.05, 4.69) is 10.0 Å². The number of primary amides is 1. The molecule has 0 heterocycles. The lowest BCUT2D eigenvalue weighted by Gasteiger charge is -2.08. The third-order valence-electron chi connectivity index (χ3n) is 3.00. The molecule has 0 fully saturated rings. The molecule has 0 saturated carbocycles. The van der Waals surface area contributed by atoms with E-state index in [4.69, 9.17) is 17.3 Å². The average Bonchev–Trinajstić information content (AvgIpc) is 2.54. The van der Waals surface area contributed by atoms with Crippen LogP contribution >= 0.6 is 11.6 Å². The van der Waals surface area contributed by atoms with Crippen molar-refractivity contribution in [2.75, 3.05) is 11.9 Å². The number of rotatable bonds is 6. The number of anilines is 1.